The standard InChI is InChI=1S/C24H32N2O3/c1-17-9-7-11-20(13-17)15-26(19(3)23(28)25-24(4,5)6)22(27)16-29-21-12-8-10-18(2)14-21/h7-14,19H,15-16H2,1-6H3,(H,25,28)/t19-/m0/s1. The van der Waals surface area contributed by atoms with Crippen LogP contribution in [0.5, 0.6) is 5.75 Å². The zero-order chi connectivity index (χ0) is 21.6. The van der Waals surface area contributed by atoms with Gasteiger partial charge in [-0.05, 0) is 64.8 Å². The third-order valence-corrected chi connectivity index (χ3v) is 4.45. The number of rotatable bonds is 7. The van der Waals surface area contributed by atoms with Crippen LogP contribution in [0.1, 0.15) is 44.4 Å². The summed E-state index contributed by atoms with van der Waals surface area (Å²) in [7, 11) is 0. The lowest BCUT2D eigenvalue weighted by atomic mass is 10.1. The zero-order valence-electron chi connectivity index (χ0n) is 18.3. The number of ether oxygens (including phenoxy) is 1. The van der Waals surface area contributed by atoms with Gasteiger partial charge in [-0.1, -0.05) is 42.0 Å². The van der Waals surface area contributed by atoms with Crippen LogP contribution in [0.15, 0.2) is 48.5 Å². The average Bonchev–Trinajstić information content (AvgIpc) is 2.62. The maximum Gasteiger partial charge on any atom is 0.261 e. The number of nitrogens with zero attached hydrogens (tertiary/aromatic N) is 1. The van der Waals surface area contributed by atoms with Crippen LogP contribution < -0.4 is 10.1 Å². The Labute approximate surface area is 174 Å². The van der Waals surface area contributed by atoms with Crippen LogP contribution in [-0.2, 0) is 16.1 Å². The molecule has 29 heavy (non-hydrogen) atoms. The van der Waals surface area contributed by atoms with Gasteiger partial charge in [0.15, 0.2) is 6.61 Å². The highest BCUT2D eigenvalue weighted by Crippen LogP contribution is 2.15. The smallest absolute Gasteiger partial charge is 0.261 e. The topological polar surface area (TPSA) is 58.6 Å². The van der Waals surface area contributed by atoms with Crippen molar-refractivity contribution in [3.8, 4) is 5.75 Å². The van der Waals surface area contributed by atoms with Crippen LogP contribution in [0.25, 0.3) is 0 Å². The molecule has 0 aliphatic carbocycles. The minimum Gasteiger partial charge on any atom is -0.484 e. The minimum absolute atomic E-state index is 0.123. The molecule has 0 bridgehead atoms. The van der Waals surface area contributed by atoms with Crippen LogP contribution in [0.3, 0.4) is 0 Å². The lowest BCUT2D eigenvalue weighted by molar-refractivity contribution is -0.142. The van der Waals surface area contributed by atoms with E-state index < -0.39 is 6.04 Å². The lowest BCUT2D eigenvalue weighted by Gasteiger charge is -2.31. The molecule has 156 valence electrons. The van der Waals surface area contributed by atoms with E-state index in [1.807, 2.05) is 83.1 Å². The first-order valence-corrected chi connectivity index (χ1v) is 9.91. The van der Waals surface area contributed by atoms with Crippen LogP contribution in [-0.4, -0.2) is 34.9 Å². The summed E-state index contributed by atoms with van der Waals surface area (Å²) >= 11 is 0. The summed E-state index contributed by atoms with van der Waals surface area (Å²) < 4.78 is 5.70. The highest BCUT2D eigenvalue weighted by molar-refractivity contribution is 5.88. The van der Waals surface area contributed by atoms with E-state index in [0.29, 0.717) is 12.3 Å². The maximum absolute atomic E-state index is 13.0. The predicted octanol–water partition coefficient (Wildman–Crippen LogP) is 4.01. The summed E-state index contributed by atoms with van der Waals surface area (Å²) in [5.74, 6) is 0.222. The largest absolute Gasteiger partial charge is 0.484 e. The average molecular weight is 397 g/mol. The predicted molar refractivity (Wildman–Crippen MR) is 116 cm³/mol. The molecule has 5 heteroatoms. The summed E-state index contributed by atoms with van der Waals surface area (Å²) in [6, 6.07) is 14.9. The van der Waals surface area contributed by atoms with Gasteiger partial charge in [0, 0.05) is 12.1 Å². The van der Waals surface area contributed by atoms with Gasteiger partial charge in [0.2, 0.25) is 5.91 Å². The van der Waals surface area contributed by atoms with E-state index in [-0.39, 0.29) is 24.0 Å². The highest BCUT2D eigenvalue weighted by Gasteiger charge is 2.28. The van der Waals surface area contributed by atoms with Crippen molar-refractivity contribution in [1.82, 2.24) is 10.2 Å². The van der Waals surface area contributed by atoms with Gasteiger partial charge in [-0.2, -0.15) is 0 Å². The molecule has 0 aromatic heterocycles. The van der Waals surface area contributed by atoms with E-state index in [1.165, 1.54) is 0 Å². The molecule has 5 nitrogen and oxygen atoms in total. The number of hydrogen-bond acceptors (Lipinski definition) is 3. The molecule has 2 rings (SSSR count). The molecular weight excluding hydrogens is 364 g/mol. The summed E-state index contributed by atoms with van der Waals surface area (Å²) in [6.07, 6.45) is 0. The van der Waals surface area contributed by atoms with Crippen molar-refractivity contribution >= 4 is 11.8 Å². The van der Waals surface area contributed by atoms with Crippen molar-refractivity contribution in [3.05, 3.63) is 65.2 Å². The SMILES string of the molecule is Cc1cccc(CN(C(=O)COc2cccc(C)c2)[C@@H](C)C(=O)NC(C)(C)C)c1. The van der Waals surface area contributed by atoms with Gasteiger partial charge in [-0.3, -0.25) is 9.59 Å². The van der Waals surface area contributed by atoms with Gasteiger partial charge in [0.1, 0.15) is 11.8 Å². The Hall–Kier alpha value is -2.82. The molecule has 0 aliphatic rings. The van der Waals surface area contributed by atoms with E-state index in [9.17, 15) is 9.59 Å². The number of benzene rings is 2. The Morgan fingerprint density at radius 3 is 2.24 bits per heavy atom. The van der Waals surface area contributed by atoms with Gasteiger partial charge in [0.25, 0.3) is 5.91 Å². The number of hydrogen-bond donors (Lipinski definition) is 1. The molecule has 0 spiro atoms. The van der Waals surface area contributed by atoms with E-state index in [0.717, 1.165) is 16.7 Å². The van der Waals surface area contributed by atoms with Gasteiger partial charge in [-0.15, -0.1) is 0 Å². The molecule has 0 radical (unpaired) electrons. The molecule has 0 aliphatic heterocycles. The van der Waals surface area contributed by atoms with Crippen molar-refractivity contribution in [3.63, 3.8) is 0 Å². The Balaban J connectivity index is 2.18. The van der Waals surface area contributed by atoms with Gasteiger partial charge >= 0.3 is 0 Å². The van der Waals surface area contributed by atoms with Crippen LogP contribution >= 0.6 is 0 Å². The zero-order valence-corrected chi connectivity index (χ0v) is 18.3. The molecular formula is C24H32N2O3. The number of amides is 2. The minimum atomic E-state index is -0.622. The van der Waals surface area contributed by atoms with Gasteiger partial charge in [0.05, 0.1) is 0 Å². The third-order valence-electron chi connectivity index (χ3n) is 4.45. The van der Waals surface area contributed by atoms with Crippen LogP contribution in [0, 0.1) is 13.8 Å². The van der Waals surface area contributed by atoms with Crippen molar-refractivity contribution < 1.29 is 14.3 Å². The quantitative estimate of drug-likeness (QED) is 0.769. The van der Waals surface area contributed by atoms with E-state index in [4.69, 9.17) is 4.74 Å². The fourth-order valence-electron chi connectivity index (χ4n) is 3.00. The first-order valence-electron chi connectivity index (χ1n) is 9.91. The molecule has 2 amide bonds. The van der Waals surface area contributed by atoms with E-state index >= 15 is 0 Å². The molecule has 0 saturated carbocycles. The first kappa shape index (κ1) is 22.5. The molecule has 0 unspecified atom stereocenters. The van der Waals surface area contributed by atoms with Crippen LogP contribution in [0.2, 0.25) is 0 Å². The second kappa shape index (κ2) is 9.59. The first-order chi connectivity index (χ1) is 13.5. The Morgan fingerprint density at radius 2 is 1.66 bits per heavy atom. The molecule has 0 heterocycles. The van der Waals surface area contributed by atoms with Crippen LogP contribution in [0.4, 0.5) is 0 Å². The fourth-order valence-corrected chi connectivity index (χ4v) is 3.00. The number of carbonyl (C=O) groups excluding carboxylic acids is 2. The fraction of sp³-hybridized carbons (Fsp3) is 0.417. The Kier molecular flexibility index (Phi) is 7.43. The lowest BCUT2D eigenvalue weighted by Crippen LogP contribution is -2.53. The molecule has 2 aromatic rings. The monoisotopic (exact) mass is 396 g/mol. The summed E-state index contributed by atoms with van der Waals surface area (Å²) in [5, 5.41) is 2.96. The number of carbonyl (C=O) groups is 2. The second-order valence-electron chi connectivity index (χ2n) is 8.53. The summed E-state index contributed by atoms with van der Waals surface area (Å²) in [6.45, 7) is 11.7. The Morgan fingerprint density at radius 1 is 1.03 bits per heavy atom. The molecule has 0 fully saturated rings. The maximum atomic E-state index is 13.0. The molecule has 0 saturated heterocycles. The van der Waals surface area contributed by atoms with E-state index in [1.54, 1.807) is 11.8 Å². The van der Waals surface area contributed by atoms with Crippen molar-refractivity contribution in [1.29, 1.82) is 0 Å². The van der Waals surface area contributed by atoms with Crippen molar-refractivity contribution in [2.45, 2.75) is 59.7 Å². The van der Waals surface area contributed by atoms with Gasteiger partial charge < -0.3 is 15.0 Å². The van der Waals surface area contributed by atoms with Gasteiger partial charge in [-0.25, -0.2) is 0 Å². The summed E-state index contributed by atoms with van der Waals surface area (Å²) in [4.78, 5) is 27.3. The summed E-state index contributed by atoms with van der Waals surface area (Å²) in [5.41, 5.74) is 2.77. The molecule has 2 aromatic carbocycles. The normalized spacial score (nSPS) is 12.2. The van der Waals surface area contributed by atoms with Crippen molar-refractivity contribution in [2.24, 2.45) is 0 Å². The number of aryl methyl sites for hydroxylation is 2. The molecule has 1 N–H and O–H groups in total. The van der Waals surface area contributed by atoms with Crippen molar-refractivity contribution in [2.75, 3.05) is 6.61 Å². The third kappa shape index (κ3) is 7.26. The molecule has 1 atom stereocenters. The van der Waals surface area contributed by atoms with E-state index in [2.05, 4.69) is 5.32 Å². The number of nitrogens with one attached hydrogen (secondary N) is 1. The highest BCUT2D eigenvalue weighted by atomic mass is 16.5. The second-order valence-corrected chi connectivity index (χ2v) is 8.53. The Bertz CT molecular complexity index is 855.